The van der Waals surface area contributed by atoms with Crippen molar-refractivity contribution in [2.45, 2.75) is 116 Å². The Hall–Kier alpha value is -1.77. The highest BCUT2D eigenvalue weighted by Crippen LogP contribution is 2.25. The molecule has 0 aliphatic carbocycles. The van der Waals surface area contributed by atoms with Crippen molar-refractivity contribution in [1.82, 2.24) is 0 Å². The maximum absolute atomic E-state index is 13.0. The SMILES string of the molecule is C=C(CCC1C=CC(O)CC(=C)C(C)C(O)CC(O)CCC(O)CC=CC(C)C(C)C(=O)O1)C(C)C(C)O. The lowest BCUT2D eigenvalue weighted by atomic mass is 9.88. The van der Waals surface area contributed by atoms with E-state index in [9.17, 15) is 30.3 Å². The van der Waals surface area contributed by atoms with Crippen molar-refractivity contribution in [3.63, 3.8) is 0 Å². The van der Waals surface area contributed by atoms with Crippen LogP contribution in [0, 0.1) is 23.7 Å². The van der Waals surface area contributed by atoms with E-state index in [1.165, 1.54) is 0 Å². The fourth-order valence-electron chi connectivity index (χ4n) is 4.33. The van der Waals surface area contributed by atoms with Crippen LogP contribution in [-0.4, -0.2) is 68.1 Å². The van der Waals surface area contributed by atoms with E-state index in [1.807, 2.05) is 32.9 Å². The largest absolute Gasteiger partial charge is 0.458 e. The van der Waals surface area contributed by atoms with Crippen molar-refractivity contribution < 1.29 is 35.1 Å². The molecule has 0 aromatic carbocycles. The van der Waals surface area contributed by atoms with Crippen molar-refractivity contribution in [1.29, 1.82) is 0 Å². The first-order valence-corrected chi connectivity index (χ1v) is 14.0. The molecule has 10 atom stereocenters. The van der Waals surface area contributed by atoms with Gasteiger partial charge in [0.05, 0.1) is 36.4 Å². The van der Waals surface area contributed by atoms with E-state index in [1.54, 1.807) is 26.0 Å². The summed E-state index contributed by atoms with van der Waals surface area (Å²) in [7, 11) is 0. The molecule has 7 heteroatoms. The lowest BCUT2D eigenvalue weighted by Gasteiger charge is -2.25. The molecule has 1 aliphatic rings. The molecule has 0 amide bonds. The molecule has 218 valence electrons. The third-order valence-electron chi connectivity index (χ3n) is 7.98. The van der Waals surface area contributed by atoms with E-state index in [4.69, 9.17) is 4.74 Å². The van der Waals surface area contributed by atoms with Gasteiger partial charge in [-0.3, -0.25) is 4.79 Å². The van der Waals surface area contributed by atoms with Gasteiger partial charge in [-0.15, -0.1) is 0 Å². The fraction of sp³-hybridized carbons (Fsp3) is 0.710. The number of esters is 1. The van der Waals surface area contributed by atoms with Gasteiger partial charge in [0.15, 0.2) is 0 Å². The van der Waals surface area contributed by atoms with Crippen LogP contribution in [0.3, 0.4) is 0 Å². The second-order valence-electron chi connectivity index (χ2n) is 11.3. The highest BCUT2D eigenvalue weighted by Gasteiger charge is 2.25. The van der Waals surface area contributed by atoms with Gasteiger partial charge in [0.25, 0.3) is 0 Å². The van der Waals surface area contributed by atoms with Crippen LogP contribution in [0.5, 0.6) is 0 Å². The van der Waals surface area contributed by atoms with Crippen molar-refractivity contribution in [2.75, 3.05) is 0 Å². The molecular formula is C31H52O7. The van der Waals surface area contributed by atoms with Crippen LogP contribution < -0.4 is 0 Å². The van der Waals surface area contributed by atoms with Crippen molar-refractivity contribution in [3.05, 3.63) is 48.6 Å². The Morgan fingerprint density at radius 2 is 1.66 bits per heavy atom. The summed E-state index contributed by atoms with van der Waals surface area (Å²) in [5.41, 5.74) is 1.51. The van der Waals surface area contributed by atoms with E-state index >= 15 is 0 Å². The number of hydrogen-bond acceptors (Lipinski definition) is 7. The van der Waals surface area contributed by atoms with Gasteiger partial charge in [-0.2, -0.15) is 0 Å². The van der Waals surface area contributed by atoms with Gasteiger partial charge in [0.1, 0.15) is 6.10 Å². The Morgan fingerprint density at radius 3 is 2.29 bits per heavy atom. The maximum atomic E-state index is 13.0. The quantitative estimate of drug-likeness (QED) is 0.263. The average molecular weight is 537 g/mol. The summed E-state index contributed by atoms with van der Waals surface area (Å²) in [5.74, 6) is -1.33. The number of carbonyl (C=O) groups excluding carboxylic acids is 1. The van der Waals surface area contributed by atoms with E-state index in [0.717, 1.165) is 5.57 Å². The van der Waals surface area contributed by atoms with Crippen molar-refractivity contribution in [2.24, 2.45) is 23.7 Å². The molecule has 0 bridgehead atoms. The second-order valence-corrected chi connectivity index (χ2v) is 11.3. The number of ether oxygens (including phenoxy) is 1. The molecule has 0 aromatic rings. The van der Waals surface area contributed by atoms with Crippen LogP contribution in [-0.2, 0) is 9.53 Å². The molecule has 5 N–H and O–H groups in total. The number of hydrogen-bond donors (Lipinski definition) is 5. The van der Waals surface area contributed by atoms with Crippen molar-refractivity contribution in [3.8, 4) is 0 Å². The maximum Gasteiger partial charge on any atom is 0.309 e. The summed E-state index contributed by atoms with van der Waals surface area (Å²) in [6.07, 6.45) is 5.33. The van der Waals surface area contributed by atoms with Crippen LogP contribution in [0.25, 0.3) is 0 Å². The van der Waals surface area contributed by atoms with Crippen LogP contribution >= 0.6 is 0 Å². The first kappa shape index (κ1) is 34.3. The summed E-state index contributed by atoms with van der Waals surface area (Å²) < 4.78 is 5.84. The second kappa shape index (κ2) is 17.0. The molecular weight excluding hydrogens is 484 g/mol. The topological polar surface area (TPSA) is 127 Å². The zero-order valence-electron chi connectivity index (χ0n) is 24.0. The van der Waals surface area contributed by atoms with Crippen LogP contribution in [0.4, 0.5) is 0 Å². The first-order chi connectivity index (χ1) is 17.7. The van der Waals surface area contributed by atoms with Gasteiger partial charge < -0.3 is 30.3 Å². The minimum atomic E-state index is -0.886. The summed E-state index contributed by atoms with van der Waals surface area (Å²) in [4.78, 5) is 13.0. The Labute approximate surface area is 229 Å². The van der Waals surface area contributed by atoms with Gasteiger partial charge in [-0.25, -0.2) is 0 Å². The average Bonchev–Trinajstić information content (AvgIpc) is 2.86. The molecule has 10 unspecified atom stereocenters. The molecule has 0 radical (unpaired) electrons. The van der Waals surface area contributed by atoms with Crippen molar-refractivity contribution >= 4 is 5.97 Å². The third kappa shape index (κ3) is 12.4. The Kier molecular flexibility index (Phi) is 15.4. The summed E-state index contributed by atoms with van der Waals surface area (Å²) in [5, 5.41) is 51.8. The molecule has 0 aromatic heterocycles. The highest BCUT2D eigenvalue weighted by molar-refractivity contribution is 5.73. The molecule has 0 saturated carbocycles. The zero-order valence-corrected chi connectivity index (χ0v) is 24.0. The molecule has 0 spiro atoms. The molecule has 7 nitrogen and oxygen atoms in total. The molecule has 1 aliphatic heterocycles. The molecule has 1 heterocycles. The van der Waals surface area contributed by atoms with Gasteiger partial charge in [0.2, 0.25) is 0 Å². The number of carbonyl (C=O) groups is 1. The van der Waals surface area contributed by atoms with Crippen LogP contribution in [0.15, 0.2) is 48.6 Å². The predicted molar refractivity (Wildman–Crippen MR) is 151 cm³/mol. The number of aliphatic hydroxyl groups excluding tert-OH is 5. The number of cyclic esters (lactones) is 1. The Bertz CT molecular complexity index is 802. The Balaban J connectivity index is 3.11. The Morgan fingerprint density at radius 1 is 1.03 bits per heavy atom. The van der Waals surface area contributed by atoms with Gasteiger partial charge >= 0.3 is 5.97 Å². The smallest absolute Gasteiger partial charge is 0.309 e. The zero-order chi connectivity index (χ0) is 29.0. The summed E-state index contributed by atoms with van der Waals surface area (Å²) >= 11 is 0. The van der Waals surface area contributed by atoms with Gasteiger partial charge in [0, 0.05) is 11.8 Å². The van der Waals surface area contributed by atoms with Crippen LogP contribution in [0.1, 0.15) is 79.6 Å². The predicted octanol–water partition coefficient (Wildman–Crippen LogP) is 4.24. The number of rotatable bonds is 5. The minimum Gasteiger partial charge on any atom is -0.458 e. The molecule has 0 saturated heterocycles. The van der Waals surface area contributed by atoms with E-state index in [0.29, 0.717) is 37.7 Å². The summed E-state index contributed by atoms with van der Waals surface area (Å²) in [6, 6.07) is 0. The minimum absolute atomic E-state index is 0.0954. The summed E-state index contributed by atoms with van der Waals surface area (Å²) in [6.45, 7) is 17.3. The lowest BCUT2D eigenvalue weighted by molar-refractivity contribution is -0.152. The van der Waals surface area contributed by atoms with Gasteiger partial charge in [-0.1, -0.05) is 70.2 Å². The number of allylic oxidation sites excluding steroid dienone is 1. The van der Waals surface area contributed by atoms with E-state index in [2.05, 4.69) is 13.2 Å². The monoisotopic (exact) mass is 536 g/mol. The van der Waals surface area contributed by atoms with E-state index < -0.39 is 42.5 Å². The number of aliphatic hydroxyl groups is 5. The van der Waals surface area contributed by atoms with Gasteiger partial charge in [-0.05, 0) is 63.9 Å². The van der Waals surface area contributed by atoms with E-state index in [-0.39, 0.29) is 36.6 Å². The standard InChI is InChI=1S/C31H52O7/c1-19-9-8-10-26(33)12-13-28(35)18-30(36)23(5)21(3)17-27(34)14-16-29(38-31(37)24(19)6)15-11-20(2)22(4)25(7)32/h8-9,14,16,19,22-30,32-36H,2-3,10-13,15,17-18H2,1,4-7H3. The molecule has 0 fully saturated rings. The fourth-order valence-corrected chi connectivity index (χ4v) is 4.33. The first-order valence-electron chi connectivity index (χ1n) is 14.0. The molecule has 1 rings (SSSR count). The normalized spacial score (nSPS) is 34.8. The third-order valence-corrected chi connectivity index (χ3v) is 7.98. The lowest BCUT2D eigenvalue weighted by Crippen LogP contribution is -2.27. The highest BCUT2D eigenvalue weighted by atomic mass is 16.5. The van der Waals surface area contributed by atoms with Crippen LogP contribution in [0.2, 0.25) is 0 Å². The molecule has 38 heavy (non-hydrogen) atoms.